The molecular formula is C14H11Cl4NO. The van der Waals surface area contributed by atoms with Gasteiger partial charge in [0.25, 0.3) is 0 Å². The highest BCUT2D eigenvalue weighted by Crippen LogP contribution is 2.29. The van der Waals surface area contributed by atoms with Crippen molar-refractivity contribution in [2.45, 2.75) is 6.10 Å². The Bertz CT molecular complexity index is 618. The first kappa shape index (κ1) is 15.7. The Morgan fingerprint density at radius 2 is 1.50 bits per heavy atom. The molecule has 0 spiro atoms. The predicted octanol–water partition coefficient (Wildman–Crippen LogP) is 5.45. The van der Waals surface area contributed by atoms with Crippen LogP contribution in [-0.2, 0) is 0 Å². The number of benzene rings is 2. The fourth-order valence-corrected chi connectivity index (χ4v) is 2.50. The minimum atomic E-state index is -0.809. The molecule has 0 heterocycles. The van der Waals surface area contributed by atoms with Crippen molar-refractivity contribution in [3.63, 3.8) is 0 Å². The molecule has 2 aromatic rings. The largest absolute Gasteiger partial charge is 0.387 e. The Kier molecular flexibility index (Phi) is 5.42. The minimum absolute atomic E-state index is 0.236. The Hall–Kier alpha value is -0.640. The van der Waals surface area contributed by atoms with Crippen LogP contribution in [0.3, 0.4) is 0 Å². The summed E-state index contributed by atoms with van der Waals surface area (Å²) in [6, 6.07) is 10.0. The van der Waals surface area contributed by atoms with Crippen LogP contribution in [-0.4, -0.2) is 11.7 Å². The summed E-state index contributed by atoms with van der Waals surface area (Å²) in [7, 11) is 0. The van der Waals surface area contributed by atoms with Crippen molar-refractivity contribution in [2.75, 3.05) is 11.9 Å². The molecular weight excluding hydrogens is 340 g/mol. The van der Waals surface area contributed by atoms with Crippen molar-refractivity contribution in [3.05, 3.63) is 62.1 Å². The van der Waals surface area contributed by atoms with E-state index >= 15 is 0 Å². The zero-order chi connectivity index (χ0) is 14.7. The summed E-state index contributed by atoms with van der Waals surface area (Å²) in [5.74, 6) is 0. The normalized spacial score (nSPS) is 12.2. The molecule has 1 atom stereocenters. The fourth-order valence-electron chi connectivity index (χ4n) is 1.72. The number of aliphatic hydroxyl groups is 1. The summed E-state index contributed by atoms with van der Waals surface area (Å²) in [5, 5.41) is 15.3. The molecule has 0 aliphatic carbocycles. The zero-order valence-electron chi connectivity index (χ0n) is 10.2. The van der Waals surface area contributed by atoms with Crippen molar-refractivity contribution in [1.82, 2.24) is 0 Å². The van der Waals surface area contributed by atoms with E-state index < -0.39 is 6.10 Å². The molecule has 0 radical (unpaired) electrons. The van der Waals surface area contributed by atoms with Gasteiger partial charge in [0, 0.05) is 27.2 Å². The highest BCUT2D eigenvalue weighted by atomic mass is 35.5. The van der Waals surface area contributed by atoms with Gasteiger partial charge in [0.1, 0.15) is 0 Å². The quantitative estimate of drug-likeness (QED) is 0.768. The monoisotopic (exact) mass is 349 g/mol. The highest BCUT2D eigenvalue weighted by molar-refractivity contribution is 6.35. The van der Waals surface area contributed by atoms with Gasteiger partial charge in [-0.05, 0) is 36.4 Å². The van der Waals surface area contributed by atoms with Crippen LogP contribution in [0.15, 0.2) is 36.4 Å². The predicted molar refractivity (Wildman–Crippen MR) is 86.4 cm³/mol. The lowest BCUT2D eigenvalue weighted by Crippen LogP contribution is -2.12. The van der Waals surface area contributed by atoms with E-state index in [4.69, 9.17) is 46.4 Å². The summed E-state index contributed by atoms with van der Waals surface area (Å²) < 4.78 is 0. The molecule has 1 unspecified atom stereocenters. The molecule has 2 nitrogen and oxygen atoms in total. The van der Waals surface area contributed by atoms with Crippen LogP contribution in [0.2, 0.25) is 20.1 Å². The van der Waals surface area contributed by atoms with Gasteiger partial charge < -0.3 is 10.4 Å². The smallest absolute Gasteiger partial charge is 0.0977 e. The molecule has 6 heteroatoms. The van der Waals surface area contributed by atoms with Crippen molar-refractivity contribution in [1.29, 1.82) is 0 Å². The average molecular weight is 351 g/mol. The maximum Gasteiger partial charge on any atom is 0.0977 e. The summed E-state index contributed by atoms with van der Waals surface area (Å²) in [5.41, 5.74) is 1.21. The van der Waals surface area contributed by atoms with Crippen molar-refractivity contribution in [3.8, 4) is 0 Å². The van der Waals surface area contributed by atoms with Crippen molar-refractivity contribution in [2.24, 2.45) is 0 Å². The number of aliphatic hydroxyl groups excluding tert-OH is 1. The van der Waals surface area contributed by atoms with Gasteiger partial charge in [-0.1, -0.05) is 46.4 Å². The van der Waals surface area contributed by atoms with Crippen LogP contribution in [0.25, 0.3) is 0 Å². The van der Waals surface area contributed by atoms with Gasteiger partial charge in [0.05, 0.1) is 16.8 Å². The van der Waals surface area contributed by atoms with Gasteiger partial charge in [0.15, 0.2) is 0 Å². The van der Waals surface area contributed by atoms with E-state index in [0.717, 1.165) is 0 Å². The van der Waals surface area contributed by atoms with E-state index in [-0.39, 0.29) is 6.54 Å². The number of rotatable bonds is 4. The van der Waals surface area contributed by atoms with E-state index in [1.54, 1.807) is 36.4 Å². The molecule has 2 aromatic carbocycles. The van der Waals surface area contributed by atoms with Crippen LogP contribution in [0, 0.1) is 0 Å². The Morgan fingerprint density at radius 3 is 2.20 bits per heavy atom. The third-order valence-corrected chi connectivity index (χ3v) is 3.88. The van der Waals surface area contributed by atoms with E-state index in [9.17, 15) is 5.11 Å². The molecule has 0 bridgehead atoms. The third-order valence-electron chi connectivity index (χ3n) is 2.73. The zero-order valence-corrected chi connectivity index (χ0v) is 13.2. The Labute approximate surface area is 137 Å². The van der Waals surface area contributed by atoms with Gasteiger partial charge in [-0.2, -0.15) is 0 Å². The number of nitrogens with one attached hydrogen (secondary N) is 1. The van der Waals surface area contributed by atoms with Gasteiger partial charge in [-0.15, -0.1) is 0 Å². The minimum Gasteiger partial charge on any atom is -0.387 e. The number of halogens is 4. The molecule has 106 valence electrons. The van der Waals surface area contributed by atoms with E-state index in [1.165, 1.54) is 0 Å². The average Bonchev–Trinajstić information content (AvgIpc) is 2.42. The molecule has 0 saturated heterocycles. The summed E-state index contributed by atoms with van der Waals surface area (Å²) >= 11 is 23.9. The van der Waals surface area contributed by atoms with Crippen LogP contribution >= 0.6 is 46.4 Å². The molecule has 0 aliphatic rings. The molecule has 0 amide bonds. The fraction of sp³-hybridized carbons (Fsp3) is 0.143. The van der Waals surface area contributed by atoms with Crippen LogP contribution in [0.1, 0.15) is 11.7 Å². The first-order valence-corrected chi connectivity index (χ1v) is 7.30. The first-order valence-electron chi connectivity index (χ1n) is 5.79. The van der Waals surface area contributed by atoms with Crippen LogP contribution in [0.4, 0.5) is 5.69 Å². The summed E-state index contributed by atoms with van der Waals surface area (Å²) in [6.45, 7) is 0.236. The second-order valence-electron chi connectivity index (χ2n) is 4.19. The van der Waals surface area contributed by atoms with E-state index in [0.29, 0.717) is 31.3 Å². The molecule has 20 heavy (non-hydrogen) atoms. The van der Waals surface area contributed by atoms with Crippen molar-refractivity contribution >= 4 is 52.1 Å². The number of hydrogen-bond acceptors (Lipinski definition) is 2. The van der Waals surface area contributed by atoms with Gasteiger partial charge in [-0.3, -0.25) is 0 Å². The lowest BCUT2D eigenvalue weighted by Gasteiger charge is -2.15. The lowest BCUT2D eigenvalue weighted by molar-refractivity contribution is 0.192. The lowest BCUT2D eigenvalue weighted by atomic mass is 10.1. The second-order valence-corrected chi connectivity index (χ2v) is 5.87. The molecule has 0 aromatic heterocycles. The summed E-state index contributed by atoms with van der Waals surface area (Å²) in [6.07, 6.45) is -0.809. The molecule has 2 rings (SSSR count). The Morgan fingerprint density at radius 1 is 0.900 bits per heavy atom. The molecule has 0 aliphatic heterocycles. The number of hydrogen-bond donors (Lipinski definition) is 2. The van der Waals surface area contributed by atoms with Crippen molar-refractivity contribution < 1.29 is 5.11 Å². The van der Waals surface area contributed by atoms with Gasteiger partial charge in [0.2, 0.25) is 0 Å². The Balaban J connectivity index is 2.10. The van der Waals surface area contributed by atoms with Crippen LogP contribution in [0.5, 0.6) is 0 Å². The first-order chi connectivity index (χ1) is 9.47. The van der Waals surface area contributed by atoms with Gasteiger partial charge in [-0.25, -0.2) is 0 Å². The second kappa shape index (κ2) is 6.88. The topological polar surface area (TPSA) is 32.3 Å². The standard InChI is InChI=1S/C14H11Cl4NO/c15-8-1-3-11(17)10(5-8)14(20)7-19-13-6-9(16)2-4-12(13)18/h1-6,14,19-20H,7H2. The van der Waals surface area contributed by atoms with E-state index in [1.807, 2.05) is 0 Å². The molecule has 2 N–H and O–H groups in total. The SMILES string of the molecule is OC(CNc1cc(Cl)ccc1Cl)c1cc(Cl)ccc1Cl. The maximum atomic E-state index is 10.2. The van der Waals surface area contributed by atoms with Crippen LogP contribution < -0.4 is 5.32 Å². The number of anilines is 1. The highest BCUT2D eigenvalue weighted by Gasteiger charge is 2.13. The molecule has 0 saturated carbocycles. The van der Waals surface area contributed by atoms with E-state index in [2.05, 4.69) is 5.32 Å². The maximum absolute atomic E-state index is 10.2. The molecule has 0 fully saturated rings. The van der Waals surface area contributed by atoms with Gasteiger partial charge >= 0.3 is 0 Å². The summed E-state index contributed by atoms with van der Waals surface area (Å²) in [4.78, 5) is 0. The third kappa shape index (κ3) is 3.94.